The normalized spacial score (nSPS) is 25.1. The Bertz CT molecular complexity index is 593. The summed E-state index contributed by atoms with van der Waals surface area (Å²) >= 11 is 0. The van der Waals surface area contributed by atoms with E-state index in [1.54, 1.807) is 0 Å². The van der Waals surface area contributed by atoms with Crippen molar-refractivity contribution in [3.63, 3.8) is 0 Å². The van der Waals surface area contributed by atoms with Gasteiger partial charge in [0.1, 0.15) is 0 Å². The van der Waals surface area contributed by atoms with Crippen LogP contribution in [0.5, 0.6) is 0 Å². The third-order valence-corrected chi connectivity index (χ3v) is 5.54. The van der Waals surface area contributed by atoms with Gasteiger partial charge in [-0.1, -0.05) is 30.3 Å². The Hall–Kier alpha value is -1.63. The van der Waals surface area contributed by atoms with E-state index in [1.807, 2.05) is 0 Å². The number of β-amino-alcohol motifs (C(OH)–C–C–N with tert-alkyl or cyclic N) is 1. The van der Waals surface area contributed by atoms with Crippen molar-refractivity contribution in [3.05, 3.63) is 35.9 Å². The number of aliphatic hydroxyl groups excluding tert-OH is 1. The van der Waals surface area contributed by atoms with Gasteiger partial charge in [-0.2, -0.15) is 0 Å². The molecule has 2 N–H and O–H groups in total. The number of likely N-dealkylation sites (N-methyl/N-ethyl adjacent to an activating group) is 1. The number of aliphatic hydroxyl groups is 1. The zero-order valence-corrected chi connectivity index (χ0v) is 16.8. The number of rotatable bonds is 6. The smallest absolute Gasteiger partial charge is 0.194 e. The Kier molecular flexibility index (Phi) is 7.50. The summed E-state index contributed by atoms with van der Waals surface area (Å²) in [5, 5.41) is 13.2. The second-order valence-corrected chi connectivity index (χ2v) is 7.70. The van der Waals surface area contributed by atoms with Gasteiger partial charge in [-0.3, -0.25) is 9.89 Å². The second kappa shape index (κ2) is 10.1. The highest BCUT2D eigenvalue weighted by Crippen LogP contribution is 2.24. The molecule has 150 valence electrons. The fourth-order valence-electron chi connectivity index (χ4n) is 4.03. The third kappa shape index (κ3) is 5.67. The van der Waals surface area contributed by atoms with Crippen LogP contribution in [0.4, 0.5) is 0 Å². The summed E-state index contributed by atoms with van der Waals surface area (Å²) < 4.78 is 0. The summed E-state index contributed by atoms with van der Waals surface area (Å²) in [7, 11) is 2.21. The maximum absolute atomic E-state index is 9.78. The molecule has 6 heteroatoms. The van der Waals surface area contributed by atoms with Gasteiger partial charge in [0, 0.05) is 58.4 Å². The van der Waals surface area contributed by atoms with Gasteiger partial charge in [-0.05, 0) is 32.4 Å². The average Bonchev–Trinajstić information content (AvgIpc) is 3.12. The zero-order valence-electron chi connectivity index (χ0n) is 16.8. The molecule has 0 saturated carbocycles. The highest BCUT2D eigenvalue weighted by molar-refractivity contribution is 5.80. The number of likely N-dealkylation sites (tertiary alicyclic amines) is 1. The molecule has 1 aromatic rings. The van der Waals surface area contributed by atoms with Crippen LogP contribution < -0.4 is 5.32 Å². The summed E-state index contributed by atoms with van der Waals surface area (Å²) in [5.74, 6) is 0.951. The predicted molar refractivity (Wildman–Crippen MR) is 111 cm³/mol. The quantitative estimate of drug-likeness (QED) is 0.448. The number of nitrogens with one attached hydrogen (secondary N) is 1. The van der Waals surface area contributed by atoms with Crippen molar-refractivity contribution in [2.45, 2.75) is 31.9 Å². The fourth-order valence-corrected chi connectivity index (χ4v) is 4.03. The summed E-state index contributed by atoms with van der Waals surface area (Å²) in [5.41, 5.74) is 1.41. The van der Waals surface area contributed by atoms with E-state index in [0.717, 1.165) is 64.6 Å². The lowest BCUT2D eigenvalue weighted by Crippen LogP contribution is -2.47. The first-order chi connectivity index (χ1) is 13.2. The molecular weight excluding hydrogens is 338 g/mol. The lowest BCUT2D eigenvalue weighted by molar-refractivity contribution is 0.0894. The Morgan fingerprint density at radius 3 is 2.70 bits per heavy atom. The third-order valence-electron chi connectivity index (χ3n) is 5.54. The minimum absolute atomic E-state index is 0.217. The maximum Gasteiger partial charge on any atom is 0.194 e. The molecule has 27 heavy (non-hydrogen) atoms. The average molecular weight is 374 g/mol. The van der Waals surface area contributed by atoms with Gasteiger partial charge in [-0.25, -0.2) is 0 Å². The zero-order chi connectivity index (χ0) is 19.1. The molecule has 2 aliphatic heterocycles. The van der Waals surface area contributed by atoms with Crippen LogP contribution in [0.25, 0.3) is 0 Å². The molecule has 0 amide bonds. The second-order valence-electron chi connectivity index (χ2n) is 7.70. The van der Waals surface area contributed by atoms with Crippen LogP contribution in [0.15, 0.2) is 35.3 Å². The molecule has 0 aliphatic carbocycles. The molecule has 2 fully saturated rings. The van der Waals surface area contributed by atoms with Crippen molar-refractivity contribution in [1.82, 2.24) is 20.0 Å². The summed E-state index contributed by atoms with van der Waals surface area (Å²) in [6.07, 6.45) is 1.67. The standard InChI is InChI=1S/C21H35N5O/c1-3-22-21(26-13-10-19(27)16-26)23-11-7-12-25-15-14-24(2)17-20(25)18-8-5-4-6-9-18/h4-6,8-9,19-20,27H,3,7,10-17H2,1-2H3,(H,22,23)/t19-,20?/m1/s1. The highest BCUT2D eigenvalue weighted by Gasteiger charge is 2.26. The van der Waals surface area contributed by atoms with Crippen molar-refractivity contribution < 1.29 is 5.11 Å². The van der Waals surface area contributed by atoms with Crippen molar-refractivity contribution >= 4 is 5.96 Å². The first-order valence-corrected chi connectivity index (χ1v) is 10.4. The molecule has 2 saturated heterocycles. The lowest BCUT2D eigenvalue weighted by Gasteiger charge is -2.40. The van der Waals surface area contributed by atoms with E-state index in [4.69, 9.17) is 4.99 Å². The van der Waals surface area contributed by atoms with Crippen LogP contribution in [-0.4, -0.2) is 91.3 Å². The van der Waals surface area contributed by atoms with Crippen LogP contribution in [0.2, 0.25) is 0 Å². The number of aliphatic imine (C=N–C) groups is 1. The summed E-state index contributed by atoms with van der Waals surface area (Å²) in [6, 6.07) is 11.3. The van der Waals surface area contributed by atoms with Crippen LogP contribution in [-0.2, 0) is 0 Å². The van der Waals surface area contributed by atoms with Crippen LogP contribution >= 0.6 is 0 Å². The molecule has 3 rings (SSSR count). The van der Waals surface area contributed by atoms with Crippen molar-refractivity contribution in [3.8, 4) is 0 Å². The molecule has 0 spiro atoms. The molecule has 0 aromatic heterocycles. The van der Waals surface area contributed by atoms with E-state index in [0.29, 0.717) is 12.6 Å². The van der Waals surface area contributed by atoms with Crippen LogP contribution in [0, 0.1) is 0 Å². The molecule has 1 unspecified atom stereocenters. The van der Waals surface area contributed by atoms with Crippen molar-refractivity contribution in [1.29, 1.82) is 0 Å². The van der Waals surface area contributed by atoms with Crippen molar-refractivity contribution in [2.24, 2.45) is 4.99 Å². The molecule has 2 atom stereocenters. The number of nitrogens with zero attached hydrogens (tertiary/aromatic N) is 4. The van der Waals surface area contributed by atoms with Gasteiger partial charge >= 0.3 is 0 Å². The first kappa shape index (κ1) is 20.1. The lowest BCUT2D eigenvalue weighted by atomic mass is 10.0. The molecule has 1 aromatic carbocycles. The van der Waals surface area contributed by atoms with Crippen LogP contribution in [0.1, 0.15) is 31.4 Å². The van der Waals surface area contributed by atoms with Gasteiger partial charge < -0.3 is 20.2 Å². The van der Waals surface area contributed by atoms with Crippen LogP contribution in [0.3, 0.4) is 0 Å². The van der Waals surface area contributed by atoms with E-state index in [-0.39, 0.29) is 6.10 Å². The molecule has 0 bridgehead atoms. The van der Waals surface area contributed by atoms with E-state index in [9.17, 15) is 5.11 Å². The van der Waals surface area contributed by atoms with Gasteiger partial charge in [0.2, 0.25) is 0 Å². The minimum Gasteiger partial charge on any atom is -0.391 e. The maximum atomic E-state index is 9.78. The van der Waals surface area contributed by atoms with Gasteiger partial charge in [-0.15, -0.1) is 0 Å². The van der Waals surface area contributed by atoms with E-state index >= 15 is 0 Å². The number of hydrogen-bond acceptors (Lipinski definition) is 4. The number of guanidine groups is 1. The Balaban J connectivity index is 1.54. The monoisotopic (exact) mass is 373 g/mol. The molecule has 2 aliphatic rings. The largest absolute Gasteiger partial charge is 0.391 e. The highest BCUT2D eigenvalue weighted by atomic mass is 16.3. The van der Waals surface area contributed by atoms with Crippen molar-refractivity contribution in [2.75, 3.05) is 59.4 Å². The topological polar surface area (TPSA) is 54.3 Å². The minimum atomic E-state index is -0.217. The summed E-state index contributed by atoms with van der Waals surface area (Å²) in [6.45, 7) is 9.75. The fraction of sp³-hybridized carbons (Fsp3) is 0.667. The first-order valence-electron chi connectivity index (χ1n) is 10.4. The number of piperazine rings is 1. The van der Waals surface area contributed by atoms with Gasteiger partial charge in [0.05, 0.1) is 6.10 Å². The number of hydrogen-bond donors (Lipinski definition) is 2. The number of benzene rings is 1. The predicted octanol–water partition coefficient (Wildman–Crippen LogP) is 1.40. The molecule has 6 nitrogen and oxygen atoms in total. The molecular formula is C21H35N5O. The molecule has 2 heterocycles. The SMILES string of the molecule is CCNC(=NCCCN1CCN(C)CC1c1ccccc1)N1CC[C@@H](O)C1. The Morgan fingerprint density at radius 2 is 2.00 bits per heavy atom. The summed E-state index contributed by atoms with van der Waals surface area (Å²) in [4.78, 5) is 12.0. The Labute approximate surface area is 163 Å². The van der Waals surface area contributed by atoms with E-state index < -0.39 is 0 Å². The molecule has 0 radical (unpaired) electrons. The Morgan fingerprint density at radius 1 is 1.19 bits per heavy atom. The van der Waals surface area contributed by atoms with Gasteiger partial charge in [0.25, 0.3) is 0 Å². The van der Waals surface area contributed by atoms with Gasteiger partial charge in [0.15, 0.2) is 5.96 Å². The van der Waals surface area contributed by atoms with E-state index in [2.05, 4.69) is 64.3 Å². The van der Waals surface area contributed by atoms with E-state index in [1.165, 1.54) is 5.56 Å².